The van der Waals surface area contributed by atoms with Gasteiger partial charge >= 0.3 is 0 Å². The van der Waals surface area contributed by atoms with E-state index in [-0.39, 0.29) is 10.7 Å². The molecule has 0 aliphatic rings. The van der Waals surface area contributed by atoms with E-state index < -0.39 is 11.7 Å². The predicted molar refractivity (Wildman–Crippen MR) is 98.8 cm³/mol. The molecule has 120 valence electrons. The van der Waals surface area contributed by atoms with Gasteiger partial charge < -0.3 is 5.32 Å². The van der Waals surface area contributed by atoms with Crippen molar-refractivity contribution < 1.29 is 9.18 Å². The normalized spacial score (nSPS) is 10.9. The molecule has 0 bridgehead atoms. The minimum Gasteiger partial charge on any atom is -0.320 e. The van der Waals surface area contributed by atoms with Crippen LogP contribution in [0.3, 0.4) is 0 Å². The van der Waals surface area contributed by atoms with E-state index in [0.717, 1.165) is 21.4 Å². The molecular weight excluding hydrogens is 345 g/mol. The molecule has 0 spiro atoms. The van der Waals surface area contributed by atoms with Gasteiger partial charge in [0, 0.05) is 20.9 Å². The van der Waals surface area contributed by atoms with E-state index in [9.17, 15) is 9.18 Å². The van der Waals surface area contributed by atoms with Crippen LogP contribution in [-0.2, 0) is 4.79 Å². The molecule has 0 aliphatic heterocycles. The van der Waals surface area contributed by atoms with Crippen LogP contribution in [0.4, 0.5) is 10.1 Å². The Kier molecular flexibility index (Phi) is 5.08. The number of carbonyl (C=O) groups is 1. The Morgan fingerprint density at radius 3 is 2.62 bits per heavy atom. The van der Waals surface area contributed by atoms with Gasteiger partial charge in [-0.1, -0.05) is 41.9 Å². The first-order valence-electron chi connectivity index (χ1n) is 7.21. The molecule has 2 nitrogen and oxygen atoms in total. The number of nitrogens with one attached hydrogen (secondary N) is 1. The van der Waals surface area contributed by atoms with Crippen molar-refractivity contribution in [1.82, 2.24) is 0 Å². The fourth-order valence-corrected chi connectivity index (χ4v) is 3.20. The molecular formula is C19H13ClFNOS. The monoisotopic (exact) mass is 357 g/mol. The summed E-state index contributed by atoms with van der Waals surface area (Å²) in [4.78, 5) is 14.0. The minimum atomic E-state index is -0.563. The van der Waals surface area contributed by atoms with E-state index in [1.807, 2.05) is 42.5 Å². The highest BCUT2D eigenvalue weighted by Crippen LogP contribution is 2.28. The van der Waals surface area contributed by atoms with E-state index in [0.29, 0.717) is 0 Å². The molecule has 0 fully saturated rings. The molecule has 0 aliphatic carbocycles. The highest BCUT2D eigenvalue weighted by Gasteiger charge is 2.05. The fourth-order valence-electron chi connectivity index (χ4n) is 2.12. The van der Waals surface area contributed by atoms with Gasteiger partial charge in [0.2, 0.25) is 5.91 Å². The zero-order chi connectivity index (χ0) is 16.9. The van der Waals surface area contributed by atoms with Crippen molar-refractivity contribution in [2.75, 3.05) is 5.32 Å². The number of hydrogen-bond donors (Lipinski definition) is 1. The molecule has 3 aromatic rings. The zero-order valence-electron chi connectivity index (χ0n) is 12.5. The summed E-state index contributed by atoms with van der Waals surface area (Å²) in [5.41, 5.74) is 1.24. The predicted octanol–water partition coefficient (Wildman–Crippen LogP) is 5.86. The Morgan fingerprint density at radius 1 is 1.08 bits per heavy atom. The molecule has 1 heterocycles. The Hall–Kier alpha value is -2.43. The van der Waals surface area contributed by atoms with Crippen LogP contribution in [0.2, 0.25) is 5.02 Å². The summed E-state index contributed by atoms with van der Waals surface area (Å²) in [7, 11) is 0. The SMILES string of the molecule is O=C(/C=C/c1ccc(-c2ccccc2)s1)Nc1ccc(Cl)cc1F. The van der Waals surface area contributed by atoms with E-state index in [1.54, 1.807) is 17.4 Å². The summed E-state index contributed by atoms with van der Waals surface area (Å²) < 4.78 is 13.6. The van der Waals surface area contributed by atoms with Gasteiger partial charge in [-0.15, -0.1) is 11.3 Å². The summed E-state index contributed by atoms with van der Waals surface area (Å²) in [6.45, 7) is 0. The van der Waals surface area contributed by atoms with Crippen molar-refractivity contribution in [2.45, 2.75) is 0 Å². The van der Waals surface area contributed by atoms with Crippen molar-refractivity contribution in [3.63, 3.8) is 0 Å². The summed E-state index contributed by atoms with van der Waals surface area (Å²) in [6, 6.07) is 18.1. The van der Waals surface area contributed by atoms with Gasteiger partial charge in [0.1, 0.15) is 5.82 Å². The average molecular weight is 358 g/mol. The summed E-state index contributed by atoms with van der Waals surface area (Å²) in [5, 5.41) is 2.78. The number of hydrogen-bond acceptors (Lipinski definition) is 2. The van der Waals surface area contributed by atoms with Crippen molar-refractivity contribution in [2.24, 2.45) is 0 Å². The van der Waals surface area contributed by atoms with Gasteiger partial charge in [0.25, 0.3) is 0 Å². The molecule has 1 aromatic heterocycles. The lowest BCUT2D eigenvalue weighted by molar-refractivity contribution is -0.111. The maximum Gasteiger partial charge on any atom is 0.248 e. The number of halogens is 2. The van der Waals surface area contributed by atoms with E-state index in [2.05, 4.69) is 5.32 Å². The number of carbonyl (C=O) groups excluding carboxylic acids is 1. The molecule has 3 rings (SSSR count). The number of thiophene rings is 1. The Bertz CT molecular complexity index is 889. The second kappa shape index (κ2) is 7.43. The molecule has 0 radical (unpaired) electrons. The smallest absolute Gasteiger partial charge is 0.248 e. The second-order valence-electron chi connectivity index (χ2n) is 5.01. The van der Waals surface area contributed by atoms with Gasteiger partial charge in [0.15, 0.2) is 0 Å². The lowest BCUT2D eigenvalue weighted by atomic mass is 10.2. The molecule has 0 saturated carbocycles. The van der Waals surface area contributed by atoms with Crippen LogP contribution >= 0.6 is 22.9 Å². The molecule has 1 N–H and O–H groups in total. The zero-order valence-corrected chi connectivity index (χ0v) is 14.1. The molecule has 0 atom stereocenters. The topological polar surface area (TPSA) is 29.1 Å². The average Bonchev–Trinajstić information content (AvgIpc) is 3.05. The Morgan fingerprint density at radius 2 is 1.88 bits per heavy atom. The van der Waals surface area contributed by atoms with Gasteiger partial charge in [0.05, 0.1) is 5.69 Å². The van der Waals surface area contributed by atoms with Gasteiger partial charge in [-0.25, -0.2) is 4.39 Å². The summed E-state index contributed by atoms with van der Waals surface area (Å²) in [6.07, 6.45) is 3.09. The largest absolute Gasteiger partial charge is 0.320 e. The number of amides is 1. The highest BCUT2D eigenvalue weighted by atomic mass is 35.5. The fraction of sp³-hybridized carbons (Fsp3) is 0. The van der Waals surface area contributed by atoms with Crippen molar-refractivity contribution in [3.8, 4) is 10.4 Å². The van der Waals surface area contributed by atoms with Crippen LogP contribution < -0.4 is 5.32 Å². The molecule has 2 aromatic carbocycles. The van der Waals surface area contributed by atoms with Gasteiger partial charge in [-0.05, 0) is 42.0 Å². The van der Waals surface area contributed by atoms with Crippen LogP contribution in [0.15, 0.2) is 66.7 Å². The van der Waals surface area contributed by atoms with Crippen molar-refractivity contribution in [1.29, 1.82) is 0 Å². The van der Waals surface area contributed by atoms with E-state index >= 15 is 0 Å². The number of rotatable bonds is 4. The van der Waals surface area contributed by atoms with Crippen molar-refractivity contribution in [3.05, 3.63) is 82.5 Å². The molecule has 0 saturated heterocycles. The van der Waals surface area contributed by atoms with Crippen LogP contribution in [0.5, 0.6) is 0 Å². The third kappa shape index (κ3) is 4.10. The molecule has 0 unspecified atom stereocenters. The third-order valence-corrected chi connectivity index (χ3v) is 4.61. The van der Waals surface area contributed by atoms with Crippen LogP contribution in [-0.4, -0.2) is 5.91 Å². The standard InChI is InChI=1S/C19H13ClFNOS/c20-14-6-9-17(16(21)12-14)22-19(23)11-8-15-7-10-18(24-15)13-4-2-1-3-5-13/h1-12H,(H,22,23)/b11-8+. The van der Waals surface area contributed by atoms with Crippen molar-refractivity contribution >= 4 is 40.6 Å². The van der Waals surface area contributed by atoms with Crippen LogP contribution in [0.1, 0.15) is 4.88 Å². The van der Waals surface area contributed by atoms with Crippen LogP contribution in [0.25, 0.3) is 16.5 Å². The first kappa shape index (κ1) is 16.4. The minimum absolute atomic E-state index is 0.102. The Labute approximate surface area is 148 Å². The lowest BCUT2D eigenvalue weighted by Crippen LogP contribution is -2.09. The van der Waals surface area contributed by atoms with E-state index in [1.165, 1.54) is 18.2 Å². The molecule has 5 heteroatoms. The maximum atomic E-state index is 13.6. The quantitative estimate of drug-likeness (QED) is 0.582. The van der Waals surface area contributed by atoms with Crippen LogP contribution in [0, 0.1) is 5.82 Å². The molecule has 1 amide bonds. The lowest BCUT2D eigenvalue weighted by Gasteiger charge is -2.03. The molecule has 24 heavy (non-hydrogen) atoms. The summed E-state index contributed by atoms with van der Waals surface area (Å²) in [5.74, 6) is -0.961. The second-order valence-corrected chi connectivity index (χ2v) is 6.57. The third-order valence-electron chi connectivity index (χ3n) is 3.27. The number of anilines is 1. The highest BCUT2D eigenvalue weighted by molar-refractivity contribution is 7.16. The van der Waals surface area contributed by atoms with E-state index in [4.69, 9.17) is 11.6 Å². The number of benzene rings is 2. The first-order chi connectivity index (χ1) is 11.6. The van der Waals surface area contributed by atoms with Gasteiger partial charge in [-0.3, -0.25) is 4.79 Å². The first-order valence-corrected chi connectivity index (χ1v) is 8.40. The Balaban J connectivity index is 1.67. The summed E-state index contributed by atoms with van der Waals surface area (Å²) >= 11 is 7.26. The maximum absolute atomic E-state index is 13.6. The van der Waals surface area contributed by atoms with Gasteiger partial charge in [-0.2, -0.15) is 0 Å².